The summed E-state index contributed by atoms with van der Waals surface area (Å²) >= 11 is 5.38. The molecule has 3 nitrogen and oxygen atoms in total. The summed E-state index contributed by atoms with van der Waals surface area (Å²) in [5.74, 6) is 0.745. The van der Waals surface area contributed by atoms with Crippen molar-refractivity contribution < 1.29 is 14.3 Å². The van der Waals surface area contributed by atoms with Crippen LogP contribution in [0.4, 0.5) is 0 Å². The highest BCUT2D eigenvalue weighted by molar-refractivity contribution is 6.67. The van der Waals surface area contributed by atoms with Gasteiger partial charge in [-0.1, -0.05) is 26.2 Å². The second kappa shape index (κ2) is 9.78. The van der Waals surface area contributed by atoms with Crippen LogP contribution in [0, 0.1) is 0 Å². The van der Waals surface area contributed by atoms with Gasteiger partial charge in [-0.3, -0.25) is 4.79 Å². The van der Waals surface area contributed by atoms with E-state index in [1.165, 1.54) is 19.3 Å². The lowest BCUT2D eigenvalue weighted by molar-refractivity contribution is 0.0725. The number of carbonyl (C=O) groups excluding carboxylic acids is 1. The number of ether oxygens (including phenoxy) is 2. The Hall–Kier alpha value is -1.06. The molecule has 0 N–H and O–H groups in total. The van der Waals surface area contributed by atoms with E-state index in [0.717, 1.165) is 18.6 Å². The molecule has 0 fully saturated rings. The summed E-state index contributed by atoms with van der Waals surface area (Å²) in [5.41, 5.74) is 0.480. The van der Waals surface area contributed by atoms with Crippen molar-refractivity contribution >= 4 is 16.8 Å². The average molecular weight is 299 g/mol. The Morgan fingerprint density at radius 2 is 1.90 bits per heavy atom. The maximum atomic E-state index is 10.9. The molecular formula is C16H23ClO3. The molecule has 0 spiro atoms. The van der Waals surface area contributed by atoms with Gasteiger partial charge in [0, 0.05) is 19.1 Å². The average Bonchev–Trinajstić information content (AvgIpc) is 2.46. The van der Waals surface area contributed by atoms with E-state index in [4.69, 9.17) is 21.1 Å². The van der Waals surface area contributed by atoms with Gasteiger partial charge < -0.3 is 9.47 Å². The summed E-state index contributed by atoms with van der Waals surface area (Å²) in [6.45, 7) is 2.80. The number of hydrogen-bond acceptors (Lipinski definition) is 3. The third kappa shape index (κ3) is 6.40. The van der Waals surface area contributed by atoms with Crippen molar-refractivity contribution in [3.05, 3.63) is 29.8 Å². The molecule has 0 aliphatic heterocycles. The van der Waals surface area contributed by atoms with Gasteiger partial charge in [0.1, 0.15) is 5.75 Å². The van der Waals surface area contributed by atoms with Crippen molar-refractivity contribution in [1.82, 2.24) is 0 Å². The van der Waals surface area contributed by atoms with E-state index in [1.807, 2.05) is 0 Å². The van der Waals surface area contributed by atoms with Crippen LogP contribution in [0.2, 0.25) is 0 Å². The molecule has 20 heavy (non-hydrogen) atoms. The Labute approximate surface area is 126 Å². The quantitative estimate of drug-likeness (QED) is 0.473. The summed E-state index contributed by atoms with van der Waals surface area (Å²) in [6, 6.07) is 6.85. The van der Waals surface area contributed by atoms with E-state index < -0.39 is 5.24 Å². The fourth-order valence-corrected chi connectivity index (χ4v) is 2.12. The van der Waals surface area contributed by atoms with E-state index >= 15 is 0 Å². The normalized spacial score (nSPS) is 12.2. The minimum Gasteiger partial charge on any atom is -0.493 e. The van der Waals surface area contributed by atoms with E-state index in [9.17, 15) is 4.79 Å². The highest BCUT2D eigenvalue weighted by Crippen LogP contribution is 2.15. The molecule has 0 saturated carbocycles. The van der Waals surface area contributed by atoms with Gasteiger partial charge in [-0.05, 0) is 42.3 Å². The summed E-state index contributed by atoms with van der Waals surface area (Å²) in [7, 11) is 1.75. The Morgan fingerprint density at radius 3 is 2.45 bits per heavy atom. The number of carbonyl (C=O) groups is 1. The molecule has 1 aromatic rings. The fourth-order valence-electron chi connectivity index (χ4n) is 1.99. The zero-order valence-electron chi connectivity index (χ0n) is 12.2. The third-order valence-electron chi connectivity index (χ3n) is 3.25. The van der Waals surface area contributed by atoms with Crippen LogP contribution in [0.25, 0.3) is 0 Å². The SMILES string of the molecule is CCCCCC(CCOc1ccc(C(=O)Cl)cc1)OC. The van der Waals surface area contributed by atoms with Crippen molar-refractivity contribution in [2.24, 2.45) is 0 Å². The van der Waals surface area contributed by atoms with Gasteiger partial charge in [0.2, 0.25) is 0 Å². The molecule has 0 aromatic heterocycles. The third-order valence-corrected chi connectivity index (χ3v) is 3.47. The van der Waals surface area contributed by atoms with Crippen LogP contribution in [0.3, 0.4) is 0 Å². The summed E-state index contributed by atoms with van der Waals surface area (Å²) < 4.78 is 11.1. The molecule has 0 bridgehead atoms. The highest BCUT2D eigenvalue weighted by Gasteiger charge is 2.07. The van der Waals surface area contributed by atoms with Gasteiger partial charge in [0.25, 0.3) is 5.24 Å². The second-order valence-electron chi connectivity index (χ2n) is 4.79. The fraction of sp³-hybridized carbons (Fsp3) is 0.562. The molecule has 0 saturated heterocycles. The van der Waals surface area contributed by atoms with Gasteiger partial charge in [0.15, 0.2) is 0 Å². The maximum absolute atomic E-state index is 10.9. The molecule has 0 radical (unpaired) electrons. The molecule has 0 aliphatic rings. The van der Waals surface area contributed by atoms with Gasteiger partial charge in [-0.2, -0.15) is 0 Å². The van der Waals surface area contributed by atoms with E-state index in [0.29, 0.717) is 12.2 Å². The summed E-state index contributed by atoms with van der Waals surface area (Å²) in [6.07, 6.45) is 5.86. The monoisotopic (exact) mass is 298 g/mol. The number of methoxy groups -OCH3 is 1. The van der Waals surface area contributed by atoms with E-state index in [2.05, 4.69) is 6.92 Å². The van der Waals surface area contributed by atoms with Crippen LogP contribution in [-0.4, -0.2) is 25.1 Å². The van der Waals surface area contributed by atoms with Gasteiger partial charge >= 0.3 is 0 Å². The zero-order valence-corrected chi connectivity index (χ0v) is 13.0. The number of unbranched alkanes of at least 4 members (excludes halogenated alkanes) is 2. The molecule has 0 aliphatic carbocycles. The molecule has 1 aromatic carbocycles. The first-order valence-electron chi connectivity index (χ1n) is 7.12. The first-order valence-corrected chi connectivity index (χ1v) is 7.50. The smallest absolute Gasteiger partial charge is 0.252 e. The standard InChI is InChI=1S/C16H23ClO3/c1-3-4-5-6-14(19-2)11-12-20-15-9-7-13(8-10-15)16(17)18/h7-10,14H,3-6,11-12H2,1-2H3. The Bertz CT molecular complexity index is 389. The van der Waals surface area contributed by atoms with Crippen molar-refractivity contribution in [3.8, 4) is 5.75 Å². The van der Waals surface area contributed by atoms with Gasteiger partial charge in [0.05, 0.1) is 12.7 Å². The largest absolute Gasteiger partial charge is 0.493 e. The number of halogens is 1. The zero-order chi connectivity index (χ0) is 14.8. The lowest BCUT2D eigenvalue weighted by Gasteiger charge is -2.15. The summed E-state index contributed by atoms with van der Waals surface area (Å²) in [5, 5.41) is -0.452. The Balaban J connectivity index is 2.29. The molecule has 1 atom stereocenters. The molecule has 112 valence electrons. The van der Waals surface area contributed by atoms with Crippen LogP contribution in [0.15, 0.2) is 24.3 Å². The second-order valence-corrected chi connectivity index (χ2v) is 5.13. The minimum absolute atomic E-state index is 0.255. The van der Waals surface area contributed by atoms with Crippen molar-refractivity contribution in [3.63, 3.8) is 0 Å². The van der Waals surface area contributed by atoms with E-state index in [1.54, 1.807) is 31.4 Å². The Morgan fingerprint density at radius 1 is 1.20 bits per heavy atom. The maximum Gasteiger partial charge on any atom is 0.252 e. The summed E-state index contributed by atoms with van der Waals surface area (Å²) in [4.78, 5) is 10.9. The van der Waals surface area contributed by atoms with Crippen LogP contribution in [0.5, 0.6) is 5.75 Å². The first-order chi connectivity index (χ1) is 9.67. The molecule has 4 heteroatoms. The number of hydrogen-bond donors (Lipinski definition) is 0. The number of rotatable bonds is 10. The molecular weight excluding hydrogens is 276 g/mol. The molecule has 1 unspecified atom stereocenters. The minimum atomic E-state index is -0.452. The lowest BCUT2D eigenvalue weighted by atomic mass is 10.1. The first kappa shape index (κ1) is 17.0. The van der Waals surface area contributed by atoms with Crippen molar-refractivity contribution in [2.75, 3.05) is 13.7 Å². The van der Waals surface area contributed by atoms with Crippen LogP contribution in [0.1, 0.15) is 49.4 Å². The van der Waals surface area contributed by atoms with E-state index in [-0.39, 0.29) is 6.10 Å². The van der Waals surface area contributed by atoms with Gasteiger partial charge in [-0.25, -0.2) is 0 Å². The lowest BCUT2D eigenvalue weighted by Crippen LogP contribution is -2.14. The number of benzene rings is 1. The van der Waals surface area contributed by atoms with Crippen molar-refractivity contribution in [1.29, 1.82) is 0 Å². The molecule has 0 amide bonds. The van der Waals surface area contributed by atoms with Crippen LogP contribution in [-0.2, 0) is 4.74 Å². The van der Waals surface area contributed by atoms with Crippen LogP contribution < -0.4 is 4.74 Å². The molecule has 0 heterocycles. The topological polar surface area (TPSA) is 35.5 Å². The Kier molecular flexibility index (Phi) is 8.31. The predicted molar refractivity (Wildman–Crippen MR) is 81.7 cm³/mol. The van der Waals surface area contributed by atoms with Crippen LogP contribution >= 0.6 is 11.6 Å². The van der Waals surface area contributed by atoms with Crippen molar-refractivity contribution in [2.45, 2.75) is 45.1 Å². The highest BCUT2D eigenvalue weighted by atomic mass is 35.5. The predicted octanol–water partition coefficient (Wildman–Crippen LogP) is 4.43. The van der Waals surface area contributed by atoms with Gasteiger partial charge in [-0.15, -0.1) is 0 Å². The molecule has 1 rings (SSSR count).